The first-order chi connectivity index (χ1) is 11.9. The number of hydrogen-bond acceptors (Lipinski definition) is 1. The van der Waals surface area contributed by atoms with Crippen molar-refractivity contribution >= 4 is 0 Å². The summed E-state index contributed by atoms with van der Waals surface area (Å²) in [6, 6.07) is 10.8. The summed E-state index contributed by atoms with van der Waals surface area (Å²) in [5, 5.41) is 2.45. The Labute approximate surface area is 150 Å². The summed E-state index contributed by atoms with van der Waals surface area (Å²) in [5.74, 6) is 0. The fourth-order valence-electron chi connectivity index (χ4n) is 3.26. The zero-order chi connectivity index (χ0) is 17.1. The van der Waals surface area contributed by atoms with Crippen LogP contribution in [0.2, 0.25) is 0 Å². The second-order valence-electron chi connectivity index (χ2n) is 7.15. The molecule has 0 radical (unpaired) electrons. The molecule has 0 aromatic heterocycles. The van der Waals surface area contributed by atoms with Crippen LogP contribution >= 0.6 is 0 Å². The average molecular weight is 334 g/mol. The molecular formula is C22H41N2+. The minimum absolute atomic E-state index is 0.866. The van der Waals surface area contributed by atoms with E-state index in [4.69, 9.17) is 5.73 Å². The maximum atomic E-state index is 5.51. The first kappa shape index (κ1) is 21.2. The van der Waals surface area contributed by atoms with Crippen LogP contribution < -0.4 is 11.1 Å². The molecular weight excluding hydrogens is 292 g/mol. The van der Waals surface area contributed by atoms with Gasteiger partial charge in [0.15, 0.2) is 0 Å². The number of benzene rings is 1. The molecule has 1 aromatic carbocycles. The molecule has 1 rings (SSSR count). The molecule has 2 nitrogen and oxygen atoms in total. The van der Waals surface area contributed by atoms with Crippen molar-refractivity contribution in [1.82, 2.24) is 0 Å². The Hall–Kier alpha value is -0.860. The SMILES string of the molecule is NCCCCCCCCCCCCCCC[NH2+]Cc1ccccc1. The lowest BCUT2D eigenvalue weighted by Gasteiger charge is -2.04. The number of hydrogen-bond donors (Lipinski definition) is 2. The summed E-state index contributed by atoms with van der Waals surface area (Å²) < 4.78 is 0. The summed E-state index contributed by atoms with van der Waals surface area (Å²) in [4.78, 5) is 0. The van der Waals surface area contributed by atoms with Gasteiger partial charge >= 0.3 is 0 Å². The van der Waals surface area contributed by atoms with Gasteiger partial charge in [0.2, 0.25) is 0 Å². The van der Waals surface area contributed by atoms with Crippen LogP contribution in [0.3, 0.4) is 0 Å². The molecule has 0 atom stereocenters. The smallest absolute Gasteiger partial charge is 0.101 e. The molecule has 0 saturated heterocycles. The van der Waals surface area contributed by atoms with Gasteiger partial charge in [-0.15, -0.1) is 0 Å². The first-order valence-corrected chi connectivity index (χ1v) is 10.5. The van der Waals surface area contributed by atoms with Gasteiger partial charge in [-0.1, -0.05) is 94.5 Å². The van der Waals surface area contributed by atoms with E-state index in [0.29, 0.717) is 0 Å². The quantitative estimate of drug-likeness (QED) is 0.396. The minimum atomic E-state index is 0.866. The molecule has 0 aliphatic carbocycles. The van der Waals surface area contributed by atoms with Gasteiger partial charge in [-0.25, -0.2) is 0 Å². The van der Waals surface area contributed by atoms with Gasteiger partial charge in [0.1, 0.15) is 6.54 Å². The predicted octanol–water partition coefficient (Wildman–Crippen LogP) is 4.78. The van der Waals surface area contributed by atoms with Gasteiger partial charge < -0.3 is 11.1 Å². The van der Waals surface area contributed by atoms with E-state index < -0.39 is 0 Å². The Bertz CT molecular complexity index is 350. The lowest BCUT2D eigenvalue weighted by atomic mass is 10.0. The fourth-order valence-corrected chi connectivity index (χ4v) is 3.26. The number of quaternary nitrogens is 1. The molecule has 0 unspecified atom stereocenters. The molecule has 4 N–H and O–H groups in total. The molecule has 1 aromatic rings. The number of nitrogens with two attached hydrogens (primary N) is 2. The fraction of sp³-hybridized carbons (Fsp3) is 0.727. The van der Waals surface area contributed by atoms with E-state index in [1.165, 1.54) is 95.6 Å². The van der Waals surface area contributed by atoms with Crippen molar-refractivity contribution in [3.8, 4) is 0 Å². The minimum Gasteiger partial charge on any atom is -0.343 e. The third-order valence-corrected chi connectivity index (χ3v) is 4.84. The molecule has 138 valence electrons. The Morgan fingerprint density at radius 3 is 1.54 bits per heavy atom. The summed E-state index contributed by atoms with van der Waals surface area (Å²) in [6.07, 6.45) is 18.2. The van der Waals surface area contributed by atoms with Gasteiger partial charge in [-0.2, -0.15) is 0 Å². The van der Waals surface area contributed by atoms with Crippen molar-refractivity contribution in [1.29, 1.82) is 0 Å². The van der Waals surface area contributed by atoms with Crippen LogP contribution in [0.25, 0.3) is 0 Å². The maximum Gasteiger partial charge on any atom is 0.101 e. The summed E-state index contributed by atoms with van der Waals surface area (Å²) in [6.45, 7) is 3.27. The molecule has 0 heterocycles. The molecule has 24 heavy (non-hydrogen) atoms. The highest BCUT2D eigenvalue weighted by Crippen LogP contribution is 2.12. The molecule has 0 fully saturated rings. The predicted molar refractivity (Wildman–Crippen MR) is 106 cm³/mol. The Morgan fingerprint density at radius 1 is 0.583 bits per heavy atom. The Kier molecular flexibility index (Phi) is 15.0. The summed E-state index contributed by atoms with van der Waals surface area (Å²) >= 11 is 0. The monoisotopic (exact) mass is 333 g/mol. The number of rotatable bonds is 17. The lowest BCUT2D eigenvalue weighted by Crippen LogP contribution is -2.82. The molecule has 0 aliphatic rings. The van der Waals surface area contributed by atoms with E-state index in [-0.39, 0.29) is 0 Å². The zero-order valence-electron chi connectivity index (χ0n) is 15.9. The van der Waals surface area contributed by atoms with E-state index in [2.05, 4.69) is 35.6 Å². The van der Waals surface area contributed by atoms with Crippen LogP contribution in [0.5, 0.6) is 0 Å². The highest BCUT2D eigenvalue weighted by Gasteiger charge is 1.96. The van der Waals surface area contributed by atoms with Gasteiger partial charge in [0.25, 0.3) is 0 Å². The summed E-state index contributed by atoms with van der Waals surface area (Å²) in [7, 11) is 0. The molecule has 0 saturated carbocycles. The van der Waals surface area contributed by atoms with Crippen LogP contribution in [0.4, 0.5) is 0 Å². The molecule has 0 spiro atoms. The Morgan fingerprint density at radius 2 is 1.04 bits per heavy atom. The van der Waals surface area contributed by atoms with Gasteiger partial charge in [-0.3, -0.25) is 0 Å². The van der Waals surface area contributed by atoms with E-state index in [0.717, 1.165) is 13.1 Å². The van der Waals surface area contributed by atoms with Crippen LogP contribution in [0, 0.1) is 0 Å². The maximum absolute atomic E-state index is 5.51. The van der Waals surface area contributed by atoms with E-state index in [1.807, 2.05) is 0 Å². The topological polar surface area (TPSA) is 42.6 Å². The van der Waals surface area contributed by atoms with Crippen molar-refractivity contribution < 1.29 is 5.32 Å². The van der Waals surface area contributed by atoms with Crippen molar-refractivity contribution in [2.45, 2.75) is 90.0 Å². The zero-order valence-corrected chi connectivity index (χ0v) is 15.9. The third kappa shape index (κ3) is 13.6. The van der Waals surface area contributed by atoms with Crippen molar-refractivity contribution in [3.63, 3.8) is 0 Å². The van der Waals surface area contributed by atoms with E-state index in [1.54, 1.807) is 0 Å². The molecule has 0 aliphatic heterocycles. The highest BCUT2D eigenvalue weighted by atomic mass is 14.8. The van der Waals surface area contributed by atoms with E-state index >= 15 is 0 Å². The van der Waals surface area contributed by atoms with Crippen LogP contribution in [-0.2, 0) is 6.54 Å². The Balaban J connectivity index is 1.70. The largest absolute Gasteiger partial charge is 0.343 e. The van der Waals surface area contributed by atoms with Gasteiger partial charge in [0.05, 0.1) is 6.54 Å². The molecule has 0 bridgehead atoms. The van der Waals surface area contributed by atoms with Crippen LogP contribution in [0.15, 0.2) is 30.3 Å². The lowest BCUT2D eigenvalue weighted by molar-refractivity contribution is -0.671. The van der Waals surface area contributed by atoms with E-state index in [9.17, 15) is 0 Å². The van der Waals surface area contributed by atoms with Crippen molar-refractivity contribution in [2.75, 3.05) is 13.1 Å². The summed E-state index contributed by atoms with van der Waals surface area (Å²) in [5.41, 5.74) is 6.95. The third-order valence-electron chi connectivity index (χ3n) is 4.84. The van der Waals surface area contributed by atoms with Gasteiger partial charge in [0, 0.05) is 5.56 Å². The standard InChI is InChI=1S/C22H40N2/c23-19-15-10-8-6-4-2-1-3-5-7-9-11-16-20-24-21-22-17-13-12-14-18-22/h12-14,17-18,24H,1-11,15-16,19-21,23H2/p+1. The normalized spacial score (nSPS) is 11.0. The van der Waals surface area contributed by atoms with Crippen LogP contribution in [-0.4, -0.2) is 13.1 Å². The van der Waals surface area contributed by atoms with Crippen molar-refractivity contribution in [2.24, 2.45) is 5.73 Å². The van der Waals surface area contributed by atoms with Crippen molar-refractivity contribution in [3.05, 3.63) is 35.9 Å². The highest BCUT2D eigenvalue weighted by molar-refractivity contribution is 5.12. The second kappa shape index (κ2) is 17.0. The second-order valence-corrected chi connectivity index (χ2v) is 7.15. The molecule has 0 amide bonds. The first-order valence-electron chi connectivity index (χ1n) is 10.5. The number of unbranched alkanes of at least 4 members (excludes halogenated alkanes) is 12. The van der Waals surface area contributed by atoms with Gasteiger partial charge in [-0.05, 0) is 25.8 Å². The van der Waals surface area contributed by atoms with Crippen LogP contribution in [0.1, 0.15) is 89.0 Å². The average Bonchev–Trinajstić information content (AvgIpc) is 2.62. The molecule has 2 heteroatoms.